The predicted octanol–water partition coefficient (Wildman–Crippen LogP) is 4.48. The molecule has 0 unspecified atom stereocenters. The highest BCUT2D eigenvalue weighted by molar-refractivity contribution is 6.04. The molecule has 0 spiro atoms. The van der Waals surface area contributed by atoms with E-state index in [-0.39, 0.29) is 5.97 Å². The number of hydrogen-bond acceptors (Lipinski definition) is 4. The second kappa shape index (κ2) is 7.13. The van der Waals surface area contributed by atoms with Gasteiger partial charge in [0, 0.05) is 10.9 Å². The van der Waals surface area contributed by atoms with E-state index in [9.17, 15) is 4.79 Å². The number of fused-ring (bicyclic) bond motifs is 1. The normalized spacial score (nSPS) is 10.6. The van der Waals surface area contributed by atoms with E-state index in [2.05, 4.69) is 4.98 Å². The third kappa shape index (κ3) is 3.23. The van der Waals surface area contributed by atoms with Gasteiger partial charge < -0.3 is 9.47 Å². The molecule has 0 N–H and O–H groups in total. The predicted molar refractivity (Wildman–Crippen MR) is 94.3 cm³/mol. The van der Waals surface area contributed by atoms with Gasteiger partial charge >= 0.3 is 5.97 Å². The number of pyridine rings is 1. The lowest BCUT2D eigenvalue weighted by molar-refractivity contribution is 0.0507. The summed E-state index contributed by atoms with van der Waals surface area (Å²) in [5.41, 5.74) is 2.97. The van der Waals surface area contributed by atoms with Crippen LogP contribution in [0.3, 0.4) is 0 Å². The first-order valence-corrected chi connectivity index (χ1v) is 7.94. The molecule has 0 aliphatic rings. The molecule has 0 saturated heterocycles. The smallest absolute Gasteiger partial charge is 0.338 e. The van der Waals surface area contributed by atoms with E-state index >= 15 is 0 Å². The van der Waals surface area contributed by atoms with Gasteiger partial charge in [0.2, 0.25) is 0 Å². The summed E-state index contributed by atoms with van der Waals surface area (Å²) in [5, 5.41) is 0.802. The fourth-order valence-corrected chi connectivity index (χ4v) is 2.53. The minimum absolute atomic E-state index is 0.315. The summed E-state index contributed by atoms with van der Waals surface area (Å²) in [6.07, 6.45) is 0.792. The average Bonchev–Trinajstić information content (AvgIpc) is 2.65. The summed E-state index contributed by atoms with van der Waals surface area (Å²) in [7, 11) is 1.63. The second-order valence-electron chi connectivity index (χ2n) is 5.44. The molecule has 4 heteroatoms. The van der Waals surface area contributed by atoms with Gasteiger partial charge in [-0.25, -0.2) is 9.78 Å². The number of esters is 1. The van der Waals surface area contributed by atoms with Crippen LogP contribution in [-0.2, 0) is 4.74 Å². The van der Waals surface area contributed by atoms with Crippen molar-refractivity contribution in [3.05, 3.63) is 60.2 Å². The summed E-state index contributed by atoms with van der Waals surface area (Å²) < 4.78 is 10.5. The van der Waals surface area contributed by atoms with Gasteiger partial charge in [0.1, 0.15) is 5.75 Å². The first-order chi connectivity index (χ1) is 11.7. The van der Waals surface area contributed by atoms with Crippen LogP contribution in [0.25, 0.3) is 22.2 Å². The minimum atomic E-state index is -0.315. The van der Waals surface area contributed by atoms with Crippen molar-refractivity contribution in [3.63, 3.8) is 0 Å². The molecule has 0 saturated carbocycles. The van der Waals surface area contributed by atoms with Crippen LogP contribution in [-0.4, -0.2) is 24.7 Å². The first kappa shape index (κ1) is 16.0. The quantitative estimate of drug-likeness (QED) is 0.650. The maximum Gasteiger partial charge on any atom is 0.338 e. The fraction of sp³-hybridized carbons (Fsp3) is 0.200. The van der Waals surface area contributed by atoms with Gasteiger partial charge in [0.25, 0.3) is 0 Å². The van der Waals surface area contributed by atoms with Crippen molar-refractivity contribution in [2.24, 2.45) is 0 Å². The van der Waals surface area contributed by atoms with Gasteiger partial charge in [-0.05, 0) is 42.8 Å². The Hall–Kier alpha value is -2.88. The standard InChI is InChI=1S/C20H19NO3/c1-3-12-24-20(22)17-13-19(14-8-10-15(23-2)11-9-14)21-18-7-5-4-6-16(17)18/h4-11,13H,3,12H2,1-2H3. The molecule has 1 heterocycles. The third-order valence-corrected chi connectivity index (χ3v) is 3.76. The molecular weight excluding hydrogens is 302 g/mol. The van der Waals surface area contributed by atoms with Gasteiger partial charge in [0.15, 0.2) is 0 Å². The molecule has 1 aromatic heterocycles. The largest absolute Gasteiger partial charge is 0.497 e. The maximum atomic E-state index is 12.4. The molecule has 122 valence electrons. The Bertz CT molecular complexity index is 856. The zero-order valence-corrected chi connectivity index (χ0v) is 13.8. The SMILES string of the molecule is CCCOC(=O)c1cc(-c2ccc(OC)cc2)nc2ccccc12. The molecule has 0 atom stereocenters. The van der Waals surface area contributed by atoms with Gasteiger partial charge in [-0.15, -0.1) is 0 Å². The van der Waals surface area contributed by atoms with Gasteiger partial charge in [-0.1, -0.05) is 25.1 Å². The van der Waals surface area contributed by atoms with Crippen LogP contribution in [0, 0.1) is 0 Å². The summed E-state index contributed by atoms with van der Waals surface area (Å²) in [6.45, 7) is 2.38. The molecule has 0 amide bonds. The van der Waals surface area contributed by atoms with Crippen LogP contribution in [0.15, 0.2) is 54.6 Å². The average molecular weight is 321 g/mol. The van der Waals surface area contributed by atoms with Crippen molar-refractivity contribution < 1.29 is 14.3 Å². The van der Waals surface area contributed by atoms with Gasteiger partial charge in [-0.3, -0.25) is 0 Å². The highest BCUT2D eigenvalue weighted by atomic mass is 16.5. The van der Waals surface area contributed by atoms with E-state index in [0.717, 1.165) is 34.3 Å². The van der Waals surface area contributed by atoms with Crippen LogP contribution in [0.2, 0.25) is 0 Å². The Labute approximate surface area is 141 Å². The van der Waals surface area contributed by atoms with Crippen molar-refractivity contribution in [3.8, 4) is 17.0 Å². The summed E-state index contributed by atoms with van der Waals surface area (Å²) in [4.78, 5) is 17.1. The Morgan fingerprint density at radius 2 is 1.83 bits per heavy atom. The lowest BCUT2D eigenvalue weighted by atomic mass is 10.0. The highest BCUT2D eigenvalue weighted by Crippen LogP contribution is 2.26. The number of para-hydroxylation sites is 1. The highest BCUT2D eigenvalue weighted by Gasteiger charge is 2.15. The lowest BCUT2D eigenvalue weighted by Crippen LogP contribution is -2.07. The van der Waals surface area contributed by atoms with Gasteiger partial charge in [-0.2, -0.15) is 0 Å². The fourth-order valence-electron chi connectivity index (χ4n) is 2.53. The van der Waals surface area contributed by atoms with Gasteiger partial charge in [0.05, 0.1) is 30.5 Å². The Morgan fingerprint density at radius 1 is 1.08 bits per heavy atom. The molecule has 0 aliphatic carbocycles. The summed E-state index contributed by atoms with van der Waals surface area (Å²) in [5.74, 6) is 0.465. The zero-order chi connectivity index (χ0) is 16.9. The number of carbonyl (C=O) groups is 1. The Kier molecular flexibility index (Phi) is 4.75. The molecule has 3 rings (SSSR count). The number of carbonyl (C=O) groups excluding carboxylic acids is 1. The van der Waals surface area contributed by atoms with E-state index in [1.165, 1.54) is 0 Å². The van der Waals surface area contributed by atoms with E-state index < -0.39 is 0 Å². The molecule has 4 nitrogen and oxygen atoms in total. The number of methoxy groups -OCH3 is 1. The molecule has 0 bridgehead atoms. The van der Waals surface area contributed by atoms with E-state index in [0.29, 0.717) is 12.2 Å². The Morgan fingerprint density at radius 3 is 2.54 bits per heavy atom. The van der Waals surface area contributed by atoms with Crippen LogP contribution >= 0.6 is 0 Å². The van der Waals surface area contributed by atoms with Crippen molar-refractivity contribution >= 4 is 16.9 Å². The van der Waals surface area contributed by atoms with Crippen molar-refractivity contribution in [2.45, 2.75) is 13.3 Å². The van der Waals surface area contributed by atoms with Crippen molar-refractivity contribution in [1.29, 1.82) is 0 Å². The van der Waals surface area contributed by atoms with Crippen LogP contribution < -0.4 is 4.74 Å². The van der Waals surface area contributed by atoms with Crippen LogP contribution in [0.1, 0.15) is 23.7 Å². The number of rotatable bonds is 5. The molecule has 0 radical (unpaired) electrons. The summed E-state index contributed by atoms with van der Waals surface area (Å²) >= 11 is 0. The summed E-state index contributed by atoms with van der Waals surface area (Å²) in [6, 6.07) is 17.0. The van der Waals surface area contributed by atoms with Crippen molar-refractivity contribution in [2.75, 3.05) is 13.7 Å². The van der Waals surface area contributed by atoms with Crippen LogP contribution in [0.5, 0.6) is 5.75 Å². The topological polar surface area (TPSA) is 48.4 Å². The molecule has 0 aliphatic heterocycles. The second-order valence-corrected chi connectivity index (χ2v) is 5.44. The maximum absolute atomic E-state index is 12.4. The molecule has 2 aromatic carbocycles. The lowest BCUT2D eigenvalue weighted by Gasteiger charge is -2.10. The van der Waals surface area contributed by atoms with Crippen molar-refractivity contribution in [1.82, 2.24) is 4.98 Å². The number of nitrogens with zero attached hydrogens (tertiary/aromatic N) is 1. The third-order valence-electron chi connectivity index (χ3n) is 3.76. The monoisotopic (exact) mass is 321 g/mol. The van der Waals surface area contributed by atoms with E-state index in [4.69, 9.17) is 9.47 Å². The molecule has 24 heavy (non-hydrogen) atoms. The molecule has 0 fully saturated rings. The number of ether oxygens (including phenoxy) is 2. The molecular formula is C20H19NO3. The molecule has 3 aromatic rings. The first-order valence-electron chi connectivity index (χ1n) is 7.94. The van der Waals surface area contributed by atoms with E-state index in [1.807, 2.05) is 55.5 Å². The van der Waals surface area contributed by atoms with E-state index in [1.54, 1.807) is 13.2 Å². The number of benzene rings is 2. The number of aromatic nitrogens is 1. The van der Waals surface area contributed by atoms with Crippen LogP contribution in [0.4, 0.5) is 0 Å². The number of hydrogen-bond donors (Lipinski definition) is 0. The Balaban J connectivity index is 2.10. The zero-order valence-electron chi connectivity index (χ0n) is 13.8. The minimum Gasteiger partial charge on any atom is -0.497 e.